The molecular weight excluding hydrogens is 440 g/mol. The van der Waals surface area contributed by atoms with E-state index in [9.17, 15) is 18.4 Å². The molecule has 7 nitrogen and oxygen atoms in total. The first-order chi connectivity index (χ1) is 15.8. The predicted molar refractivity (Wildman–Crippen MR) is 128 cm³/mol. The number of likely N-dealkylation sites (tertiary alicyclic amines) is 1. The van der Waals surface area contributed by atoms with Gasteiger partial charge in [0.25, 0.3) is 5.91 Å². The maximum absolute atomic E-state index is 13.5. The van der Waals surface area contributed by atoms with E-state index in [1.807, 2.05) is 30.3 Å². The third kappa shape index (κ3) is 6.34. The Kier molecular flexibility index (Phi) is 8.51. The Bertz CT molecular complexity index is 999. The highest BCUT2D eigenvalue weighted by Crippen LogP contribution is 2.34. The second-order valence-electron chi connectivity index (χ2n) is 9.13. The first-order valence-corrected chi connectivity index (χ1v) is 13.1. The number of hydroxylamine groups is 1. The van der Waals surface area contributed by atoms with Gasteiger partial charge in [0.05, 0.1) is 12.4 Å². The lowest BCUT2D eigenvalue weighted by molar-refractivity contribution is -0.133. The maximum atomic E-state index is 13.5. The van der Waals surface area contributed by atoms with Crippen molar-refractivity contribution < 1.29 is 23.2 Å². The number of nitrogens with one attached hydrogen (secondary N) is 1. The van der Waals surface area contributed by atoms with Gasteiger partial charge in [0.15, 0.2) is 14.6 Å². The third-order valence-electron chi connectivity index (χ3n) is 6.27. The number of hydrogen-bond acceptors (Lipinski definition) is 6. The van der Waals surface area contributed by atoms with Gasteiger partial charge in [-0.1, -0.05) is 56.3 Å². The van der Waals surface area contributed by atoms with Crippen molar-refractivity contribution in [2.75, 3.05) is 19.7 Å². The van der Waals surface area contributed by atoms with Gasteiger partial charge in [-0.15, -0.1) is 0 Å². The van der Waals surface area contributed by atoms with Crippen molar-refractivity contribution in [1.82, 2.24) is 10.4 Å². The first kappa shape index (κ1) is 25.2. The second-order valence-corrected chi connectivity index (χ2v) is 11.4. The molecule has 33 heavy (non-hydrogen) atoms. The van der Waals surface area contributed by atoms with Gasteiger partial charge in [0, 0.05) is 19.6 Å². The minimum Gasteiger partial charge on any atom is -0.494 e. The number of nitrogens with zero attached hydrogens (tertiary/aromatic N) is 1. The molecule has 1 aliphatic heterocycles. The molecule has 1 aliphatic rings. The molecule has 2 aromatic rings. The summed E-state index contributed by atoms with van der Waals surface area (Å²) >= 11 is 0. The highest BCUT2D eigenvalue weighted by molar-refractivity contribution is 7.92. The molecule has 0 spiro atoms. The molecule has 3 rings (SSSR count). The fraction of sp³-hybridized carbons (Fsp3) is 0.480. The fourth-order valence-electron chi connectivity index (χ4n) is 4.15. The van der Waals surface area contributed by atoms with Crippen molar-refractivity contribution in [1.29, 1.82) is 0 Å². The number of hydrogen-bond donors (Lipinski definition) is 2. The van der Waals surface area contributed by atoms with Crippen LogP contribution in [-0.4, -0.2) is 48.9 Å². The Morgan fingerprint density at radius 3 is 2.27 bits per heavy atom. The van der Waals surface area contributed by atoms with Crippen molar-refractivity contribution in [3.63, 3.8) is 0 Å². The molecule has 0 atom stereocenters. The highest BCUT2D eigenvalue weighted by atomic mass is 32.2. The van der Waals surface area contributed by atoms with E-state index in [-0.39, 0.29) is 18.6 Å². The van der Waals surface area contributed by atoms with Crippen LogP contribution in [0.1, 0.15) is 44.2 Å². The van der Waals surface area contributed by atoms with Crippen LogP contribution in [0, 0.1) is 5.92 Å². The summed E-state index contributed by atoms with van der Waals surface area (Å²) in [5.74, 6) is 0.109. The molecule has 0 unspecified atom stereocenters. The van der Waals surface area contributed by atoms with Gasteiger partial charge in [-0.2, -0.15) is 0 Å². The number of ether oxygens (including phenoxy) is 1. The molecule has 1 amide bonds. The Balaban J connectivity index is 1.68. The van der Waals surface area contributed by atoms with E-state index in [0.29, 0.717) is 43.5 Å². The minimum absolute atomic E-state index is 0.130. The number of carbonyl (C=O) groups excluding carboxylic acids is 1. The van der Waals surface area contributed by atoms with Crippen LogP contribution in [0.15, 0.2) is 54.6 Å². The summed E-state index contributed by atoms with van der Waals surface area (Å²) in [5.41, 5.74) is 3.34. The van der Waals surface area contributed by atoms with Crippen molar-refractivity contribution in [2.45, 2.75) is 50.2 Å². The van der Waals surface area contributed by atoms with Crippen molar-refractivity contribution in [3.05, 3.63) is 65.7 Å². The van der Waals surface area contributed by atoms with Crippen molar-refractivity contribution in [2.24, 2.45) is 5.92 Å². The monoisotopic (exact) mass is 474 g/mol. The summed E-state index contributed by atoms with van der Waals surface area (Å²) in [6.07, 6.45) is 1.20. The molecule has 8 heteroatoms. The van der Waals surface area contributed by atoms with Crippen LogP contribution in [0.2, 0.25) is 0 Å². The number of amides is 1. The molecule has 0 aromatic heterocycles. The summed E-state index contributed by atoms with van der Waals surface area (Å²) in [4.78, 5) is 14.8. The molecule has 0 aliphatic carbocycles. The SMILES string of the molecule is CC(C)CCOc1ccc(CS(=O)(=O)C2(C(=O)NO)CCN(Cc3ccccc3)CC2)cc1. The molecule has 1 saturated heterocycles. The quantitative estimate of drug-likeness (QED) is 0.404. The molecule has 1 heterocycles. The van der Waals surface area contributed by atoms with E-state index < -0.39 is 20.5 Å². The average Bonchev–Trinajstić information content (AvgIpc) is 2.80. The summed E-state index contributed by atoms with van der Waals surface area (Å²) in [6.45, 7) is 6.45. The van der Waals surface area contributed by atoms with Crippen molar-refractivity contribution in [3.8, 4) is 5.75 Å². The zero-order valence-electron chi connectivity index (χ0n) is 19.4. The number of sulfone groups is 1. The van der Waals surface area contributed by atoms with E-state index in [0.717, 1.165) is 12.0 Å². The zero-order chi connectivity index (χ0) is 23.9. The molecule has 2 N–H and O–H groups in total. The smallest absolute Gasteiger partial charge is 0.264 e. The highest BCUT2D eigenvalue weighted by Gasteiger charge is 2.51. The van der Waals surface area contributed by atoms with E-state index in [1.165, 1.54) is 0 Å². The van der Waals surface area contributed by atoms with Gasteiger partial charge in [-0.3, -0.25) is 14.9 Å². The third-order valence-corrected chi connectivity index (χ3v) is 8.77. The number of benzene rings is 2. The summed E-state index contributed by atoms with van der Waals surface area (Å²) < 4.78 is 31.0. The molecule has 0 radical (unpaired) electrons. The predicted octanol–water partition coefficient (Wildman–Crippen LogP) is 3.57. The Labute approximate surface area is 196 Å². The molecule has 180 valence electrons. The lowest BCUT2D eigenvalue weighted by atomic mass is 9.94. The first-order valence-electron chi connectivity index (χ1n) is 11.4. The van der Waals surface area contributed by atoms with Gasteiger partial charge in [0.1, 0.15) is 5.75 Å². The van der Waals surface area contributed by atoms with E-state index in [4.69, 9.17) is 4.74 Å². The van der Waals surface area contributed by atoms with Gasteiger partial charge in [0.2, 0.25) is 0 Å². The number of carbonyl (C=O) groups is 1. The number of rotatable bonds is 10. The Morgan fingerprint density at radius 1 is 1.06 bits per heavy atom. The minimum atomic E-state index is -3.89. The van der Waals surface area contributed by atoms with Gasteiger partial charge >= 0.3 is 0 Å². The largest absolute Gasteiger partial charge is 0.494 e. The Hall–Kier alpha value is -2.42. The van der Waals surface area contributed by atoms with E-state index >= 15 is 0 Å². The van der Waals surface area contributed by atoms with Crippen LogP contribution in [0.25, 0.3) is 0 Å². The number of piperidine rings is 1. The molecular formula is C25H34N2O5S. The van der Waals surface area contributed by atoms with Crippen LogP contribution in [-0.2, 0) is 26.9 Å². The lowest BCUT2D eigenvalue weighted by Crippen LogP contribution is -2.57. The summed E-state index contributed by atoms with van der Waals surface area (Å²) in [7, 11) is -3.89. The van der Waals surface area contributed by atoms with Crippen LogP contribution >= 0.6 is 0 Å². The van der Waals surface area contributed by atoms with Gasteiger partial charge in [-0.05, 0) is 48.4 Å². The average molecular weight is 475 g/mol. The van der Waals surface area contributed by atoms with Crippen LogP contribution in [0.5, 0.6) is 5.75 Å². The van der Waals surface area contributed by atoms with E-state index in [2.05, 4.69) is 18.7 Å². The van der Waals surface area contributed by atoms with Crippen LogP contribution in [0.4, 0.5) is 0 Å². The topological polar surface area (TPSA) is 95.9 Å². The van der Waals surface area contributed by atoms with Gasteiger partial charge < -0.3 is 4.74 Å². The van der Waals surface area contributed by atoms with E-state index in [1.54, 1.807) is 29.7 Å². The van der Waals surface area contributed by atoms with Crippen LogP contribution < -0.4 is 10.2 Å². The lowest BCUT2D eigenvalue weighted by Gasteiger charge is -2.39. The maximum Gasteiger partial charge on any atom is 0.264 e. The van der Waals surface area contributed by atoms with Crippen molar-refractivity contribution >= 4 is 15.7 Å². The molecule has 2 aromatic carbocycles. The fourth-order valence-corrected chi connectivity index (χ4v) is 6.19. The van der Waals surface area contributed by atoms with Gasteiger partial charge in [-0.25, -0.2) is 13.9 Å². The standard InChI is InChI=1S/C25H34N2O5S/c1-20(2)12-17-32-23-10-8-22(9-11-23)19-33(30,31)25(24(28)26-29)13-15-27(16-14-25)18-21-6-4-3-5-7-21/h3-11,20,29H,12-19H2,1-2H3,(H,26,28). The summed E-state index contributed by atoms with van der Waals surface area (Å²) in [5, 5.41) is 9.35. The molecule has 0 saturated carbocycles. The Morgan fingerprint density at radius 2 is 1.70 bits per heavy atom. The van der Waals surface area contributed by atoms with Crippen LogP contribution in [0.3, 0.4) is 0 Å². The molecule has 0 bridgehead atoms. The molecule has 1 fully saturated rings. The second kappa shape index (κ2) is 11.1. The zero-order valence-corrected chi connectivity index (χ0v) is 20.2. The normalized spacial score (nSPS) is 16.5. The summed E-state index contributed by atoms with van der Waals surface area (Å²) in [6, 6.07) is 16.9.